The van der Waals surface area contributed by atoms with Gasteiger partial charge in [0.2, 0.25) is 5.91 Å². The van der Waals surface area contributed by atoms with E-state index in [4.69, 9.17) is 23.2 Å². The van der Waals surface area contributed by atoms with Crippen LogP contribution >= 0.6 is 35.0 Å². The van der Waals surface area contributed by atoms with Gasteiger partial charge in [-0.1, -0.05) is 71.7 Å². The Balaban J connectivity index is 1.20. The minimum absolute atomic E-state index is 0.0271. The summed E-state index contributed by atoms with van der Waals surface area (Å²) in [6.07, 6.45) is 5.57. The topological polar surface area (TPSA) is 80.2 Å². The first kappa shape index (κ1) is 30.7. The minimum atomic E-state index is -0.557. The second-order valence-electron chi connectivity index (χ2n) is 10.7. The first-order chi connectivity index (χ1) is 21.9. The number of fused-ring (bicyclic) bond motifs is 3. The number of hydrogen-bond acceptors (Lipinski definition) is 4. The van der Waals surface area contributed by atoms with Gasteiger partial charge >= 0.3 is 0 Å². The normalized spacial score (nSPS) is 12.9. The molecule has 0 fully saturated rings. The lowest BCUT2D eigenvalue weighted by Gasteiger charge is -2.15. The highest BCUT2D eigenvalue weighted by Gasteiger charge is 2.23. The van der Waals surface area contributed by atoms with E-state index in [0.717, 1.165) is 47.2 Å². The molecule has 0 bridgehead atoms. The zero-order valence-corrected chi connectivity index (χ0v) is 26.5. The molecule has 9 heteroatoms. The molecule has 1 aliphatic rings. The van der Waals surface area contributed by atoms with Crippen LogP contribution in [0.1, 0.15) is 44.8 Å². The smallest absolute Gasteiger partial charge is 0.272 e. The van der Waals surface area contributed by atoms with Gasteiger partial charge in [0.1, 0.15) is 5.70 Å². The molecule has 1 aliphatic carbocycles. The predicted octanol–water partition coefficient (Wildman–Crippen LogP) is 8.67. The summed E-state index contributed by atoms with van der Waals surface area (Å²) in [4.78, 5) is 41.0. The van der Waals surface area contributed by atoms with E-state index in [2.05, 4.69) is 16.7 Å². The number of rotatable bonds is 8. The minimum Gasteiger partial charge on any atom is -0.321 e. The fraction of sp³-hybridized carbons (Fsp3) is 0.139. The number of nitrogens with zero attached hydrogens (tertiary/aromatic N) is 1. The van der Waals surface area contributed by atoms with Crippen molar-refractivity contribution < 1.29 is 14.4 Å². The van der Waals surface area contributed by atoms with Gasteiger partial charge in [0.25, 0.3) is 11.8 Å². The van der Waals surface area contributed by atoms with Gasteiger partial charge in [0.15, 0.2) is 0 Å². The Morgan fingerprint density at radius 1 is 0.822 bits per heavy atom. The first-order valence-electron chi connectivity index (χ1n) is 14.6. The summed E-state index contributed by atoms with van der Waals surface area (Å²) in [5, 5.41) is 7.41. The molecule has 0 radical (unpaired) electrons. The molecule has 226 valence electrons. The number of thioether (sulfide) groups is 1. The fourth-order valence-corrected chi connectivity index (χ4v) is 6.90. The van der Waals surface area contributed by atoms with E-state index in [1.54, 1.807) is 60.7 Å². The lowest BCUT2D eigenvalue weighted by molar-refractivity contribution is -0.113. The van der Waals surface area contributed by atoms with Gasteiger partial charge in [-0.05, 0) is 85.9 Å². The van der Waals surface area contributed by atoms with Gasteiger partial charge in [0, 0.05) is 42.8 Å². The van der Waals surface area contributed by atoms with Crippen molar-refractivity contribution in [1.29, 1.82) is 0 Å². The zero-order chi connectivity index (χ0) is 31.3. The van der Waals surface area contributed by atoms with Crippen LogP contribution in [0, 0.1) is 0 Å². The van der Waals surface area contributed by atoms with Gasteiger partial charge in [-0.15, -0.1) is 11.8 Å². The monoisotopic (exact) mass is 653 g/mol. The number of halogens is 2. The summed E-state index contributed by atoms with van der Waals surface area (Å²) in [7, 11) is 0. The molecule has 0 saturated heterocycles. The van der Waals surface area contributed by atoms with E-state index >= 15 is 0 Å². The standard InChI is InChI=1S/C36H29Cl2N3O3S/c37-29-16-9-17-30(38)28(29)21-31(40-35(43)23-10-2-1-3-11-23)36(44)39-24-12-8-13-25(20-24)45-22-34(42)41-32-18-6-4-14-26(32)27-15-5-7-19-33(27)41/h1-4,6,8-14,16-18,20-21H,5,7,15,19,22H2,(H,39,44)(H,40,43)/b31-21-. The van der Waals surface area contributed by atoms with E-state index in [9.17, 15) is 14.4 Å². The molecular weight excluding hydrogens is 625 g/mol. The molecule has 45 heavy (non-hydrogen) atoms. The maximum absolute atomic E-state index is 13.6. The second kappa shape index (κ2) is 13.8. The third-order valence-corrected chi connectivity index (χ3v) is 9.34. The van der Waals surface area contributed by atoms with Crippen LogP contribution in [0.4, 0.5) is 5.69 Å². The van der Waals surface area contributed by atoms with E-state index < -0.39 is 11.8 Å². The van der Waals surface area contributed by atoms with Crippen molar-refractivity contribution in [2.24, 2.45) is 0 Å². The van der Waals surface area contributed by atoms with Crippen LogP contribution < -0.4 is 10.6 Å². The van der Waals surface area contributed by atoms with Crippen molar-refractivity contribution in [2.75, 3.05) is 11.1 Å². The number of aromatic nitrogens is 1. The van der Waals surface area contributed by atoms with Crippen LogP contribution in [-0.2, 0) is 17.6 Å². The Kier molecular flexibility index (Phi) is 9.40. The molecule has 1 heterocycles. The first-order valence-corrected chi connectivity index (χ1v) is 16.3. The number of hydrogen-bond donors (Lipinski definition) is 2. The molecule has 6 nitrogen and oxygen atoms in total. The SMILES string of the molecule is O=C(Nc1cccc(SCC(=O)n2c3c(c4ccccc42)CCCC3)c1)/C(=C/c1c(Cl)cccc1Cl)NC(=O)c1ccccc1. The summed E-state index contributed by atoms with van der Waals surface area (Å²) < 4.78 is 1.90. The molecule has 0 atom stereocenters. The highest BCUT2D eigenvalue weighted by molar-refractivity contribution is 8.00. The quantitative estimate of drug-likeness (QED) is 0.130. The maximum Gasteiger partial charge on any atom is 0.272 e. The van der Waals surface area contributed by atoms with Crippen LogP contribution in [0.5, 0.6) is 0 Å². The highest BCUT2D eigenvalue weighted by Crippen LogP contribution is 2.33. The Hall–Kier alpha value is -4.30. The third-order valence-electron chi connectivity index (χ3n) is 7.70. The Morgan fingerprint density at radius 2 is 1.53 bits per heavy atom. The summed E-state index contributed by atoms with van der Waals surface area (Å²) in [6, 6.07) is 29.0. The summed E-state index contributed by atoms with van der Waals surface area (Å²) in [5.74, 6) is -0.743. The van der Waals surface area contributed by atoms with Crippen molar-refractivity contribution >= 4 is 75.4 Å². The average Bonchev–Trinajstić information content (AvgIpc) is 3.40. The molecule has 6 rings (SSSR count). The van der Waals surface area contributed by atoms with E-state index in [1.807, 2.05) is 34.9 Å². The number of amides is 2. The number of para-hydroxylation sites is 1. The van der Waals surface area contributed by atoms with Crippen LogP contribution in [-0.4, -0.2) is 28.0 Å². The Morgan fingerprint density at radius 3 is 2.33 bits per heavy atom. The van der Waals surface area contributed by atoms with Gasteiger partial charge in [-0.25, -0.2) is 0 Å². The molecule has 5 aromatic rings. The summed E-state index contributed by atoms with van der Waals surface area (Å²) in [5.41, 5.74) is 4.66. The van der Waals surface area contributed by atoms with Crippen molar-refractivity contribution in [3.63, 3.8) is 0 Å². The number of carbonyl (C=O) groups excluding carboxylic acids is 3. The Bertz CT molecular complexity index is 1930. The van der Waals surface area contributed by atoms with E-state index in [1.165, 1.54) is 23.4 Å². The Labute approximate surface area is 275 Å². The van der Waals surface area contributed by atoms with Crippen molar-refractivity contribution in [2.45, 2.75) is 30.6 Å². The van der Waals surface area contributed by atoms with Gasteiger partial charge in [0.05, 0.1) is 11.3 Å². The number of carbonyl (C=O) groups is 3. The van der Waals surface area contributed by atoms with Gasteiger partial charge in [-0.3, -0.25) is 19.0 Å². The van der Waals surface area contributed by atoms with E-state index in [0.29, 0.717) is 26.9 Å². The zero-order valence-electron chi connectivity index (χ0n) is 24.2. The molecule has 4 aromatic carbocycles. The van der Waals surface area contributed by atoms with Crippen LogP contribution in [0.15, 0.2) is 108 Å². The van der Waals surface area contributed by atoms with Crippen molar-refractivity contribution in [3.8, 4) is 0 Å². The number of nitrogens with one attached hydrogen (secondary N) is 2. The van der Waals surface area contributed by atoms with Crippen molar-refractivity contribution in [1.82, 2.24) is 9.88 Å². The summed E-state index contributed by atoms with van der Waals surface area (Å²) in [6.45, 7) is 0. The van der Waals surface area contributed by atoms with Gasteiger partial charge < -0.3 is 10.6 Å². The molecule has 1 aromatic heterocycles. The fourth-order valence-electron chi connectivity index (χ4n) is 5.59. The molecule has 2 N–H and O–H groups in total. The summed E-state index contributed by atoms with van der Waals surface area (Å²) >= 11 is 14.2. The van der Waals surface area contributed by atoms with Crippen LogP contribution in [0.2, 0.25) is 10.0 Å². The lowest BCUT2D eigenvalue weighted by atomic mass is 9.96. The predicted molar refractivity (Wildman–Crippen MR) is 183 cm³/mol. The van der Waals surface area contributed by atoms with Crippen LogP contribution in [0.25, 0.3) is 17.0 Å². The molecule has 0 aliphatic heterocycles. The van der Waals surface area contributed by atoms with Crippen LogP contribution in [0.3, 0.4) is 0 Å². The lowest BCUT2D eigenvalue weighted by Crippen LogP contribution is -2.30. The van der Waals surface area contributed by atoms with Gasteiger partial charge in [-0.2, -0.15) is 0 Å². The number of aryl methyl sites for hydroxylation is 1. The average molecular weight is 655 g/mol. The molecule has 0 saturated carbocycles. The molecule has 0 spiro atoms. The number of anilines is 1. The largest absolute Gasteiger partial charge is 0.321 e. The highest BCUT2D eigenvalue weighted by atomic mass is 35.5. The third kappa shape index (κ3) is 6.86. The maximum atomic E-state index is 13.6. The number of benzene rings is 4. The second-order valence-corrected chi connectivity index (χ2v) is 12.5. The van der Waals surface area contributed by atoms with E-state index in [-0.39, 0.29) is 17.4 Å². The van der Waals surface area contributed by atoms with Crippen molar-refractivity contribution in [3.05, 3.63) is 135 Å². The molecule has 0 unspecified atom stereocenters. The molecule has 2 amide bonds. The molecular formula is C36H29Cl2N3O3S.